The lowest BCUT2D eigenvalue weighted by Gasteiger charge is -2.27. The van der Waals surface area contributed by atoms with Crippen molar-refractivity contribution < 1.29 is 4.42 Å². The van der Waals surface area contributed by atoms with Crippen LogP contribution in [0.2, 0.25) is 0 Å². The van der Waals surface area contributed by atoms with Gasteiger partial charge in [0.25, 0.3) is 0 Å². The number of benzene rings is 8. The van der Waals surface area contributed by atoms with Crippen molar-refractivity contribution >= 4 is 71.9 Å². The molecule has 276 valence electrons. The Bertz CT molecular complexity index is 3110. The molecule has 0 radical (unpaired) electrons. The first-order valence-corrected chi connectivity index (χ1v) is 19.9. The third-order valence-corrected chi connectivity index (χ3v) is 11.5. The normalized spacial score (nSPS) is 14.8. The summed E-state index contributed by atoms with van der Waals surface area (Å²) in [4.78, 5) is 2.41. The molecule has 2 nitrogen and oxygen atoms in total. The summed E-state index contributed by atoms with van der Waals surface area (Å²) in [6.45, 7) is 9.56. The van der Waals surface area contributed by atoms with E-state index in [-0.39, 0.29) is 0 Å². The average Bonchev–Trinajstić information content (AvgIpc) is 3.65. The zero-order chi connectivity index (χ0) is 39.0. The van der Waals surface area contributed by atoms with Crippen LogP contribution >= 0.6 is 0 Å². The summed E-state index contributed by atoms with van der Waals surface area (Å²) < 4.78 is 6.79. The standard InChI is InChI=1S/C56H41NO/c1-3-40(41-18-6-4-7-19-41)35-53-52-36-43(42-20-8-5-9-21-42)28-31-55(52)58-56(53)34-39-17-16-32-57(54-27-15-14-22-45(54)38(2)33-39)44-29-30-50-48-25-11-10-23-46(48)47-24-12-13-26-49(47)51(50)37-44/h3-31,33,35-37H,1-2,32,34H2/b17-16-,39-33+,40-35+. The summed E-state index contributed by atoms with van der Waals surface area (Å²) in [7, 11) is 0. The van der Waals surface area contributed by atoms with Crippen LogP contribution in [0.5, 0.6) is 0 Å². The highest BCUT2D eigenvalue weighted by atomic mass is 16.3. The molecule has 2 heteroatoms. The number of hydrogen-bond acceptors (Lipinski definition) is 2. The zero-order valence-corrected chi connectivity index (χ0v) is 32.2. The molecule has 10 rings (SSSR count). The van der Waals surface area contributed by atoms with Gasteiger partial charge in [-0.3, -0.25) is 0 Å². The van der Waals surface area contributed by atoms with E-state index >= 15 is 0 Å². The van der Waals surface area contributed by atoms with Crippen molar-refractivity contribution in [1.82, 2.24) is 0 Å². The van der Waals surface area contributed by atoms with E-state index in [0.717, 1.165) is 67.1 Å². The molecule has 0 unspecified atom stereocenters. The zero-order valence-electron chi connectivity index (χ0n) is 32.2. The number of rotatable bonds is 7. The van der Waals surface area contributed by atoms with Crippen LogP contribution in [0, 0.1) is 0 Å². The Labute approximate surface area is 339 Å². The summed E-state index contributed by atoms with van der Waals surface area (Å²) in [5.74, 6) is 0.900. The first-order chi connectivity index (χ1) is 28.6. The van der Waals surface area contributed by atoms with Crippen LogP contribution in [-0.4, -0.2) is 6.54 Å². The number of allylic oxidation sites excluding steroid dienone is 6. The van der Waals surface area contributed by atoms with Gasteiger partial charge in [0, 0.05) is 40.9 Å². The lowest BCUT2D eigenvalue weighted by molar-refractivity contribution is 0.561. The Morgan fingerprint density at radius 3 is 1.97 bits per heavy atom. The Morgan fingerprint density at radius 2 is 1.24 bits per heavy atom. The van der Waals surface area contributed by atoms with Gasteiger partial charge in [-0.15, -0.1) is 0 Å². The lowest BCUT2D eigenvalue weighted by Crippen LogP contribution is -2.18. The van der Waals surface area contributed by atoms with E-state index in [9.17, 15) is 0 Å². The first-order valence-electron chi connectivity index (χ1n) is 19.9. The maximum absolute atomic E-state index is 6.79. The molecule has 1 aliphatic heterocycles. The highest BCUT2D eigenvalue weighted by molar-refractivity contribution is 6.25. The molecule has 0 saturated heterocycles. The molecule has 1 aromatic heterocycles. The highest BCUT2D eigenvalue weighted by Crippen LogP contribution is 2.41. The van der Waals surface area contributed by atoms with Gasteiger partial charge in [-0.1, -0.05) is 177 Å². The topological polar surface area (TPSA) is 16.4 Å². The summed E-state index contributed by atoms with van der Waals surface area (Å²) in [5.41, 5.74) is 11.8. The molecule has 1 aliphatic rings. The van der Waals surface area contributed by atoms with Gasteiger partial charge in [-0.2, -0.15) is 0 Å². The van der Waals surface area contributed by atoms with Crippen LogP contribution in [0.15, 0.2) is 217 Å². The number of nitrogens with zero attached hydrogens (tertiary/aromatic N) is 1. The molecule has 0 spiro atoms. The minimum atomic E-state index is 0.590. The highest BCUT2D eigenvalue weighted by Gasteiger charge is 2.20. The Morgan fingerprint density at radius 1 is 0.603 bits per heavy atom. The van der Waals surface area contributed by atoms with Crippen LogP contribution in [0.3, 0.4) is 0 Å². The Balaban J connectivity index is 1.07. The van der Waals surface area contributed by atoms with E-state index in [4.69, 9.17) is 4.42 Å². The number of para-hydroxylation sites is 1. The van der Waals surface area contributed by atoms with Crippen LogP contribution < -0.4 is 4.90 Å². The SMILES string of the molecule is C=C/C(=C\c1c(CC2=C/C(=C)c3ccccc3N(c3ccc4c5ccccc5c5ccccc5c4c3)C/C=C\2)oc2ccc(-c3ccccc3)cc12)c1ccccc1. The van der Waals surface area contributed by atoms with Crippen molar-refractivity contribution in [1.29, 1.82) is 0 Å². The van der Waals surface area contributed by atoms with Gasteiger partial charge in [0.05, 0.1) is 0 Å². The van der Waals surface area contributed by atoms with Gasteiger partial charge in [0.15, 0.2) is 0 Å². The molecule has 0 N–H and O–H groups in total. The number of hydrogen-bond donors (Lipinski definition) is 0. The molecule has 0 atom stereocenters. The van der Waals surface area contributed by atoms with Crippen molar-refractivity contribution in [3.63, 3.8) is 0 Å². The molecule has 58 heavy (non-hydrogen) atoms. The molecule has 0 saturated carbocycles. The average molecular weight is 744 g/mol. The molecule has 0 amide bonds. The molecule has 0 bridgehead atoms. The van der Waals surface area contributed by atoms with Gasteiger partial charge in [0.1, 0.15) is 11.3 Å². The number of anilines is 2. The summed E-state index contributed by atoms with van der Waals surface area (Å²) >= 11 is 0. The van der Waals surface area contributed by atoms with E-state index < -0.39 is 0 Å². The Kier molecular flexibility index (Phi) is 9.01. The van der Waals surface area contributed by atoms with E-state index in [0.29, 0.717) is 13.0 Å². The molecular weight excluding hydrogens is 703 g/mol. The summed E-state index contributed by atoms with van der Waals surface area (Å²) in [6.07, 6.45) is 11.5. The van der Waals surface area contributed by atoms with E-state index in [2.05, 4.69) is 206 Å². The van der Waals surface area contributed by atoms with E-state index in [1.165, 1.54) is 37.9 Å². The van der Waals surface area contributed by atoms with Gasteiger partial charge in [-0.25, -0.2) is 0 Å². The molecule has 0 aliphatic carbocycles. The van der Waals surface area contributed by atoms with Gasteiger partial charge in [-0.05, 0) is 102 Å². The second-order valence-corrected chi connectivity index (χ2v) is 15.0. The molecule has 0 fully saturated rings. The minimum absolute atomic E-state index is 0.590. The third kappa shape index (κ3) is 6.35. The van der Waals surface area contributed by atoms with Crippen LogP contribution in [0.25, 0.3) is 71.6 Å². The van der Waals surface area contributed by atoms with E-state index in [1.807, 2.05) is 12.1 Å². The minimum Gasteiger partial charge on any atom is -0.460 e. The molecule has 8 aromatic carbocycles. The summed E-state index contributed by atoms with van der Waals surface area (Å²) in [6, 6.07) is 60.5. The van der Waals surface area contributed by atoms with Gasteiger partial charge >= 0.3 is 0 Å². The van der Waals surface area contributed by atoms with Crippen molar-refractivity contribution in [3.05, 3.63) is 235 Å². The molecular formula is C56H41NO. The van der Waals surface area contributed by atoms with E-state index in [1.54, 1.807) is 0 Å². The third-order valence-electron chi connectivity index (χ3n) is 11.5. The molecule has 2 heterocycles. The maximum Gasteiger partial charge on any atom is 0.134 e. The van der Waals surface area contributed by atoms with Crippen LogP contribution in [0.4, 0.5) is 11.4 Å². The first kappa shape index (κ1) is 35.0. The lowest BCUT2D eigenvalue weighted by atomic mass is 9.94. The van der Waals surface area contributed by atoms with Crippen molar-refractivity contribution in [2.24, 2.45) is 0 Å². The smallest absolute Gasteiger partial charge is 0.134 e. The molecule has 9 aromatic rings. The quantitative estimate of drug-likeness (QED) is 0.119. The van der Waals surface area contributed by atoms with Crippen molar-refractivity contribution in [3.8, 4) is 11.1 Å². The second-order valence-electron chi connectivity index (χ2n) is 15.0. The fraction of sp³-hybridized carbons (Fsp3) is 0.0357. The number of fused-ring (bicyclic) bond motifs is 8. The summed E-state index contributed by atoms with van der Waals surface area (Å²) in [5, 5.41) is 8.68. The van der Waals surface area contributed by atoms with Crippen LogP contribution in [-0.2, 0) is 6.42 Å². The van der Waals surface area contributed by atoms with Crippen molar-refractivity contribution in [2.75, 3.05) is 11.4 Å². The monoisotopic (exact) mass is 743 g/mol. The van der Waals surface area contributed by atoms with Gasteiger partial charge in [0.2, 0.25) is 0 Å². The predicted octanol–water partition coefficient (Wildman–Crippen LogP) is 15.2. The fourth-order valence-corrected chi connectivity index (χ4v) is 8.65. The number of furan rings is 1. The maximum atomic E-state index is 6.79. The Hall–Kier alpha value is -7.42. The van der Waals surface area contributed by atoms with Crippen LogP contribution in [0.1, 0.15) is 22.5 Å². The van der Waals surface area contributed by atoms with Gasteiger partial charge < -0.3 is 9.32 Å². The van der Waals surface area contributed by atoms with Crippen molar-refractivity contribution in [2.45, 2.75) is 6.42 Å². The predicted molar refractivity (Wildman–Crippen MR) is 249 cm³/mol. The largest absolute Gasteiger partial charge is 0.460 e. The second kappa shape index (κ2) is 14.9. The fourth-order valence-electron chi connectivity index (χ4n) is 8.65.